The lowest BCUT2D eigenvalue weighted by molar-refractivity contribution is -0.150. The van der Waals surface area contributed by atoms with Crippen molar-refractivity contribution < 1.29 is 14.7 Å². The number of thioether (sulfide) groups is 1. The number of hydrogen-bond donors (Lipinski definition) is 1. The van der Waals surface area contributed by atoms with Crippen molar-refractivity contribution in [2.24, 2.45) is 11.3 Å². The van der Waals surface area contributed by atoms with Gasteiger partial charge in [-0.1, -0.05) is 20.3 Å². The van der Waals surface area contributed by atoms with Crippen molar-refractivity contribution in [2.45, 2.75) is 39.2 Å². The van der Waals surface area contributed by atoms with Crippen LogP contribution in [0.5, 0.6) is 0 Å². The molecule has 1 heterocycles. The molecule has 0 aromatic carbocycles. The second kappa shape index (κ2) is 4.52. The minimum Gasteiger partial charge on any atom is -0.480 e. The third-order valence-electron chi connectivity index (χ3n) is 4.01. The molecule has 2 unspecified atom stereocenters. The lowest BCUT2D eigenvalue weighted by Gasteiger charge is -2.31. The van der Waals surface area contributed by atoms with E-state index < -0.39 is 12.0 Å². The molecule has 1 N–H and O–H groups in total. The van der Waals surface area contributed by atoms with Gasteiger partial charge in [-0.25, -0.2) is 4.79 Å². The predicted molar refractivity (Wildman–Crippen MR) is 66.7 cm³/mol. The molecule has 4 nitrogen and oxygen atoms in total. The van der Waals surface area contributed by atoms with Gasteiger partial charge in [0.05, 0.1) is 5.88 Å². The smallest absolute Gasteiger partial charge is 0.327 e. The van der Waals surface area contributed by atoms with Gasteiger partial charge in [0, 0.05) is 11.7 Å². The van der Waals surface area contributed by atoms with Gasteiger partial charge in [0.15, 0.2) is 0 Å². The molecule has 1 amide bonds. The average molecular weight is 257 g/mol. The molecule has 2 atom stereocenters. The van der Waals surface area contributed by atoms with Crippen molar-refractivity contribution in [3.63, 3.8) is 0 Å². The van der Waals surface area contributed by atoms with E-state index >= 15 is 0 Å². The van der Waals surface area contributed by atoms with E-state index in [0.29, 0.717) is 11.6 Å². The molecule has 1 saturated heterocycles. The molecule has 2 rings (SSSR count). The van der Waals surface area contributed by atoms with Crippen molar-refractivity contribution in [3.8, 4) is 0 Å². The molecular formula is C12H19NO3S. The van der Waals surface area contributed by atoms with Crippen LogP contribution in [0, 0.1) is 11.3 Å². The molecule has 1 saturated carbocycles. The van der Waals surface area contributed by atoms with Gasteiger partial charge >= 0.3 is 5.97 Å². The molecular weight excluding hydrogens is 238 g/mol. The molecule has 2 fully saturated rings. The van der Waals surface area contributed by atoms with Gasteiger partial charge in [0.1, 0.15) is 6.04 Å². The maximum atomic E-state index is 12.4. The fourth-order valence-corrected chi connectivity index (χ4v) is 4.00. The minimum absolute atomic E-state index is 0.00282. The first-order valence-electron chi connectivity index (χ1n) is 6.04. The summed E-state index contributed by atoms with van der Waals surface area (Å²) in [5.41, 5.74) is 0.0212. The Kier molecular flexibility index (Phi) is 3.39. The second-order valence-electron chi connectivity index (χ2n) is 5.60. The lowest BCUT2D eigenvalue weighted by atomic mass is 9.81. The van der Waals surface area contributed by atoms with Crippen molar-refractivity contribution in [1.29, 1.82) is 0 Å². The largest absolute Gasteiger partial charge is 0.480 e. The van der Waals surface area contributed by atoms with Crippen LogP contribution < -0.4 is 0 Å². The molecule has 0 aromatic heterocycles. The predicted octanol–water partition coefficient (Wildman–Crippen LogP) is 1.80. The Bertz CT molecular complexity index is 343. The number of amides is 1. The molecule has 1 aliphatic carbocycles. The Balaban J connectivity index is 2.12. The monoisotopic (exact) mass is 257 g/mol. The van der Waals surface area contributed by atoms with Crippen LogP contribution in [0.4, 0.5) is 0 Å². The Morgan fingerprint density at radius 3 is 2.65 bits per heavy atom. The number of hydrogen-bond acceptors (Lipinski definition) is 3. The number of nitrogens with zero attached hydrogens (tertiary/aromatic N) is 1. The molecule has 5 heteroatoms. The highest BCUT2D eigenvalue weighted by molar-refractivity contribution is 7.99. The second-order valence-corrected chi connectivity index (χ2v) is 6.60. The van der Waals surface area contributed by atoms with Gasteiger partial charge in [0.25, 0.3) is 0 Å². The van der Waals surface area contributed by atoms with E-state index in [1.54, 1.807) is 4.90 Å². The Morgan fingerprint density at radius 1 is 1.41 bits per heavy atom. The molecule has 1 aliphatic heterocycles. The molecule has 96 valence electrons. The molecule has 0 aromatic rings. The first-order chi connectivity index (χ1) is 7.93. The summed E-state index contributed by atoms with van der Waals surface area (Å²) in [4.78, 5) is 25.1. The third kappa shape index (κ3) is 2.30. The summed E-state index contributed by atoms with van der Waals surface area (Å²) in [5, 5.41) is 9.10. The SMILES string of the molecule is CC1(C)CCCC1C(=O)N1CSCC1C(=O)O. The Morgan fingerprint density at radius 2 is 2.12 bits per heavy atom. The van der Waals surface area contributed by atoms with E-state index in [9.17, 15) is 9.59 Å². The number of carbonyl (C=O) groups excluding carboxylic acids is 1. The summed E-state index contributed by atoms with van der Waals surface area (Å²) in [6.07, 6.45) is 3.03. The summed E-state index contributed by atoms with van der Waals surface area (Å²) >= 11 is 1.53. The first kappa shape index (κ1) is 12.7. The van der Waals surface area contributed by atoms with E-state index in [4.69, 9.17) is 5.11 Å². The highest BCUT2D eigenvalue weighted by atomic mass is 32.2. The van der Waals surface area contributed by atoms with Crippen LogP contribution in [0.25, 0.3) is 0 Å². The standard InChI is InChI=1S/C12H19NO3S/c1-12(2)5-3-4-8(12)10(14)13-7-17-6-9(13)11(15)16/h8-9H,3-7H2,1-2H3,(H,15,16). The van der Waals surface area contributed by atoms with E-state index in [1.807, 2.05) is 0 Å². The van der Waals surface area contributed by atoms with Crippen LogP contribution in [-0.4, -0.2) is 39.6 Å². The van der Waals surface area contributed by atoms with E-state index in [1.165, 1.54) is 11.8 Å². The maximum Gasteiger partial charge on any atom is 0.327 e. The van der Waals surface area contributed by atoms with Gasteiger partial charge in [-0.15, -0.1) is 11.8 Å². The number of rotatable bonds is 2. The summed E-state index contributed by atoms with van der Waals surface area (Å²) in [5.74, 6) is 0.225. The summed E-state index contributed by atoms with van der Waals surface area (Å²) in [6, 6.07) is -0.621. The fourth-order valence-electron chi connectivity index (χ4n) is 2.85. The summed E-state index contributed by atoms with van der Waals surface area (Å²) < 4.78 is 0. The fraction of sp³-hybridized carbons (Fsp3) is 0.833. The van der Waals surface area contributed by atoms with Crippen LogP contribution in [0.2, 0.25) is 0 Å². The van der Waals surface area contributed by atoms with E-state index in [0.717, 1.165) is 19.3 Å². The van der Waals surface area contributed by atoms with Gasteiger partial charge in [0.2, 0.25) is 5.91 Å². The zero-order valence-electron chi connectivity index (χ0n) is 10.3. The Hall–Kier alpha value is -0.710. The van der Waals surface area contributed by atoms with Crippen LogP contribution in [0.15, 0.2) is 0 Å². The average Bonchev–Trinajstić information content (AvgIpc) is 2.82. The third-order valence-corrected chi connectivity index (χ3v) is 5.02. The quantitative estimate of drug-likeness (QED) is 0.819. The number of aliphatic carboxylic acids is 1. The van der Waals surface area contributed by atoms with Crippen molar-refractivity contribution in [2.75, 3.05) is 11.6 Å². The molecule has 2 aliphatic rings. The summed E-state index contributed by atoms with van der Waals surface area (Å²) in [7, 11) is 0. The van der Waals surface area contributed by atoms with Gasteiger partial charge in [-0.2, -0.15) is 0 Å². The summed E-state index contributed by atoms with van der Waals surface area (Å²) in [6.45, 7) is 4.23. The zero-order chi connectivity index (χ0) is 12.6. The van der Waals surface area contributed by atoms with Crippen LogP contribution in [0.3, 0.4) is 0 Å². The van der Waals surface area contributed by atoms with Gasteiger partial charge in [-0.05, 0) is 18.3 Å². The normalized spacial score (nSPS) is 31.8. The van der Waals surface area contributed by atoms with Crippen LogP contribution in [0.1, 0.15) is 33.1 Å². The molecule has 0 bridgehead atoms. The number of carbonyl (C=O) groups is 2. The molecule has 0 spiro atoms. The van der Waals surface area contributed by atoms with E-state index in [2.05, 4.69) is 13.8 Å². The topological polar surface area (TPSA) is 57.6 Å². The van der Waals surface area contributed by atoms with Crippen molar-refractivity contribution in [3.05, 3.63) is 0 Å². The zero-order valence-corrected chi connectivity index (χ0v) is 11.1. The van der Waals surface area contributed by atoms with Gasteiger partial charge < -0.3 is 10.0 Å². The van der Waals surface area contributed by atoms with Crippen molar-refractivity contribution in [1.82, 2.24) is 4.90 Å². The van der Waals surface area contributed by atoms with E-state index in [-0.39, 0.29) is 17.2 Å². The maximum absolute atomic E-state index is 12.4. The van der Waals surface area contributed by atoms with Crippen molar-refractivity contribution >= 4 is 23.6 Å². The van der Waals surface area contributed by atoms with Crippen LogP contribution >= 0.6 is 11.8 Å². The molecule has 0 radical (unpaired) electrons. The number of carboxylic acid groups (broad SMARTS) is 1. The molecule has 17 heavy (non-hydrogen) atoms. The Labute approximate surface area is 106 Å². The van der Waals surface area contributed by atoms with Gasteiger partial charge in [-0.3, -0.25) is 4.79 Å². The minimum atomic E-state index is -0.876. The lowest BCUT2D eigenvalue weighted by Crippen LogP contribution is -2.46. The van der Waals surface area contributed by atoms with Crippen LogP contribution in [-0.2, 0) is 9.59 Å². The first-order valence-corrected chi connectivity index (χ1v) is 7.20. The highest BCUT2D eigenvalue weighted by Crippen LogP contribution is 2.44. The highest BCUT2D eigenvalue weighted by Gasteiger charge is 2.45. The number of carboxylic acids is 1.